The van der Waals surface area contributed by atoms with E-state index in [1.54, 1.807) is 7.05 Å². The molecule has 1 aliphatic heterocycles. The fourth-order valence-corrected chi connectivity index (χ4v) is 1.09. The Hall–Kier alpha value is -1.32. The van der Waals surface area contributed by atoms with Crippen molar-refractivity contribution < 1.29 is 14.3 Å². The number of hydrogen-bond donors (Lipinski definition) is 0. The SMILES string of the molecule is COC(=O)/C=C1/CCC(=O)N1C. The van der Waals surface area contributed by atoms with Crippen molar-refractivity contribution in [3.63, 3.8) is 0 Å². The molecule has 1 heterocycles. The Labute approximate surface area is 70.8 Å². The van der Waals surface area contributed by atoms with Crippen molar-refractivity contribution in [2.24, 2.45) is 0 Å². The monoisotopic (exact) mass is 169 g/mol. The van der Waals surface area contributed by atoms with Crippen LogP contribution in [0.1, 0.15) is 12.8 Å². The predicted octanol–water partition coefficient (Wildman–Crippen LogP) is 0.295. The molecule has 0 bridgehead atoms. The predicted molar refractivity (Wildman–Crippen MR) is 42.1 cm³/mol. The summed E-state index contributed by atoms with van der Waals surface area (Å²) < 4.78 is 4.44. The number of hydrogen-bond acceptors (Lipinski definition) is 3. The molecular formula is C8H11NO3. The molecule has 0 spiro atoms. The first kappa shape index (κ1) is 8.77. The molecule has 66 valence electrons. The number of amides is 1. The van der Waals surface area contributed by atoms with Crippen LogP contribution in [0.15, 0.2) is 11.8 Å². The van der Waals surface area contributed by atoms with Crippen LogP contribution in [-0.2, 0) is 14.3 Å². The minimum atomic E-state index is -0.411. The number of carbonyl (C=O) groups excluding carboxylic acids is 2. The second kappa shape index (κ2) is 3.38. The lowest BCUT2D eigenvalue weighted by Crippen LogP contribution is -2.17. The molecule has 0 aromatic carbocycles. The molecule has 0 unspecified atom stereocenters. The van der Waals surface area contributed by atoms with Crippen LogP contribution < -0.4 is 0 Å². The highest BCUT2D eigenvalue weighted by Crippen LogP contribution is 2.19. The zero-order chi connectivity index (χ0) is 9.14. The van der Waals surface area contributed by atoms with E-state index in [1.807, 2.05) is 0 Å². The summed E-state index contributed by atoms with van der Waals surface area (Å²) in [5, 5.41) is 0. The lowest BCUT2D eigenvalue weighted by Gasteiger charge is -2.09. The van der Waals surface area contributed by atoms with E-state index in [9.17, 15) is 9.59 Å². The zero-order valence-electron chi connectivity index (χ0n) is 7.16. The highest BCUT2D eigenvalue weighted by Gasteiger charge is 2.22. The van der Waals surface area contributed by atoms with Gasteiger partial charge in [0.15, 0.2) is 0 Å². The molecule has 0 saturated carbocycles. The number of rotatable bonds is 1. The lowest BCUT2D eigenvalue weighted by molar-refractivity contribution is -0.134. The maximum atomic E-state index is 11.0. The van der Waals surface area contributed by atoms with E-state index in [1.165, 1.54) is 18.1 Å². The van der Waals surface area contributed by atoms with Crippen LogP contribution in [-0.4, -0.2) is 30.9 Å². The van der Waals surface area contributed by atoms with Gasteiger partial charge in [-0.15, -0.1) is 0 Å². The van der Waals surface area contributed by atoms with Crippen molar-refractivity contribution >= 4 is 11.9 Å². The molecule has 0 aliphatic carbocycles. The molecule has 1 amide bonds. The van der Waals surface area contributed by atoms with Crippen LogP contribution in [0.25, 0.3) is 0 Å². The topological polar surface area (TPSA) is 46.6 Å². The number of nitrogens with zero attached hydrogens (tertiary/aromatic N) is 1. The van der Waals surface area contributed by atoms with Gasteiger partial charge < -0.3 is 9.64 Å². The van der Waals surface area contributed by atoms with Crippen LogP contribution in [0.3, 0.4) is 0 Å². The molecule has 1 aliphatic rings. The first-order chi connectivity index (χ1) is 5.65. The van der Waals surface area contributed by atoms with Gasteiger partial charge in [-0.05, 0) is 6.42 Å². The van der Waals surface area contributed by atoms with Crippen molar-refractivity contribution in [3.05, 3.63) is 11.8 Å². The zero-order valence-corrected chi connectivity index (χ0v) is 7.16. The first-order valence-corrected chi connectivity index (χ1v) is 3.70. The summed E-state index contributed by atoms with van der Waals surface area (Å²) >= 11 is 0. The largest absolute Gasteiger partial charge is 0.466 e. The van der Waals surface area contributed by atoms with E-state index < -0.39 is 5.97 Å². The van der Waals surface area contributed by atoms with Gasteiger partial charge in [0.2, 0.25) is 5.91 Å². The number of ether oxygens (including phenoxy) is 1. The highest BCUT2D eigenvalue weighted by atomic mass is 16.5. The maximum absolute atomic E-state index is 11.0. The summed E-state index contributed by atoms with van der Waals surface area (Å²) in [6.07, 6.45) is 2.47. The third kappa shape index (κ3) is 1.64. The van der Waals surface area contributed by atoms with Gasteiger partial charge in [0.05, 0.1) is 7.11 Å². The average molecular weight is 169 g/mol. The fourth-order valence-electron chi connectivity index (χ4n) is 1.09. The molecule has 12 heavy (non-hydrogen) atoms. The third-order valence-corrected chi connectivity index (χ3v) is 1.89. The minimum absolute atomic E-state index is 0.0464. The molecule has 1 fully saturated rings. The van der Waals surface area contributed by atoms with Crippen molar-refractivity contribution in [2.75, 3.05) is 14.2 Å². The average Bonchev–Trinajstić information content (AvgIpc) is 2.36. The standard InChI is InChI=1S/C8H11NO3/c1-9-6(3-4-7(9)10)5-8(11)12-2/h5H,3-4H2,1-2H3/b6-5-. The second-order valence-electron chi connectivity index (χ2n) is 2.61. The Kier molecular flexibility index (Phi) is 2.47. The Morgan fingerprint density at radius 1 is 1.58 bits per heavy atom. The summed E-state index contributed by atoms with van der Waals surface area (Å²) in [7, 11) is 2.97. The van der Waals surface area contributed by atoms with E-state index >= 15 is 0 Å². The summed E-state index contributed by atoms with van der Waals surface area (Å²) in [6.45, 7) is 0. The van der Waals surface area contributed by atoms with E-state index in [-0.39, 0.29) is 5.91 Å². The van der Waals surface area contributed by atoms with E-state index in [0.717, 1.165) is 5.70 Å². The fraction of sp³-hybridized carbons (Fsp3) is 0.500. The van der Waals surface area contributed by atoms with Gasteiger partial charge >= 0.3 is 5.97 Å². The molecular weight excluding hydrogens is 158 g/mol. The summed E-state index contributed by atoms with van der Waals surface area (Å²) in [5.74, 6) is -0.364. The van der Waals surface area contributed by atoms with Gasteiger partial charge in [-0.1, -0.05) is 0 Å². The van der Waals surface area contributed by atoms with Gasteiger partial charge in [-0.25, -0.2) is 4.79 Å². The molecule has 4 heteroatoms. The lowest BCUT2D eigenvalue weighted by atomic mass is 10.3. The van der Waals surface area contributed by atoms with Crippen LogP contribution >= 0.6 is 0 Å². The van der Waals surface area contributed by atoms with Gasteiger partial charge in [0, 0.05) is 25.2 Å². The summed E-state index contributed by atoms with van der Waals surface area (Å²) in [4.78, 5) is 23.3. The number of esters is 1. The van der Waals surface area contributed by atoms with Gasteiger partial charge in [-0.2, -0.15) is 0 Å². The quantitative estimate of drug-likeness (QED) is 0.419. The van der Waals surface area contributed by atoms with Crippen LogP contribution in [0.4, 0.5) is 0 Å². The molecule has 4 nitrogen and oxygen atoms in total. The molecule has 0 aromatic heterocycles. The van der Waals surface area contributed by atoms with Gasteiger partial charge in [0.1, 0.15) is 0 Å². The van der Waals surface area contributed by atoms with Crippen molar-refractivity contribution in [1.29, 1.82) is 0 Å². The summed E-state index contributed by atoms with van der Waals surface area (Å²) in [6, 6.07) is 0. The molecule has 1 rings (SSSR count). The van der Waals surface area contributed by atoms with Crippen molar-refractivity contribution in [3.8, 4) is 0 Å². The molecule has 1 saturated heterocycles. The number of carbonyl (C=O) groups is 2. The van der Waals surface area contributed by atoms with E-state index in [2.05, 4.69) is 4.74 Å². The molecule has 0 radical (unpaired) electrons. The molecule has 0 aromatic rings. The number of allylic oxidation sites excluding steroid dienone is 1. The summed E-state index contributed by atoms with van der Waals surface area (Å²) in [5.41, 5.74) is 0.729. The Morgan fingerprint density at radius 3 is 2.67 bits per heavy atom. The minimum Gasteiger partial charge on any atom is -0.466 e. The highest BCUT2D eigenvalue weighted by molar-refractivity contribution is 5.87. The van der Waals surface area contributed by atoms with E-state index in [4.69, 9.17) is 0 Å². The molecule has 0 N–H and O–H groups in total. The Bertz CT molecular complexity index is 245. The Balaban J connectivity index is 2.70. The van der Waals surface area contributed by atoms with Crippen molar-refractivity contribution in [1.82, 2.24) is 4.90 Å². The molecule has 0 atom stereocenters. The number of methoxy groups -OCH3 is 1. The first-order valence-electron chi connectivity index (χ1n) is 3.70. The third-order valence-electron chi connectivity index (χ3n) is 1.89. The normalized spacial score (nSPS) is 20.3. The smallest absolute Gasteiger partial charge is 0.332 e. The van der Waals surface area contributed by atoms with Crippen LogP contribution in [0.2, 0.25) is 0 Å². The van der Waals surface area contributed by atoms with E-state index in [0.29, 0.717) is 12.8 Å². The van der Waals surface area contributed by atoms with Gasteiger partial charge in [-0.3, -0.25) is 4.79 Å². The second-order valence-corrected chi connectivity index (χ2v) is 2.61. The number of likely N-dealkylation sites (tertiary alicyclic amines) is 1. The van der Waals surface area contributed by atoms with Gasteiger partial charge in [0.25, 0.3) is 0 Å². The Morgan fingerprint density at radius 2 is 2.25 bits per heavy atom. The van der Waals surface area contributed by atoms with Crippen LogP contribution in [0.5, 0.6) is 0 Å². The maximum Gasteiger partial charge on any atom is 0.332 e. The van der Waals surface area contributed by atoms with Crippen LogP contribution in [0, 0.1) is 0 Å². The van der Waals surface area contributed by atoms with Crippen molar-refractivity contribution in [2.45, 2.75) is 12.8 Å².